The molecule has 1 aliphatic heterocycles. The number of halogens is 1. The Bertz CT molecular complexity index is 559. The van der Waals surface area contributed by atoms with E-state index in [1.54, 1.807) is 6.26 Å². The van der Waals surface area contributed by atoms with Gasteiger partial charge in [0.15, 0.2) is 0 Å². The van der Waals surface area contributed by atoms with E-state index in [2.05, 4.69) is 28.9 Å². The molecule has 1 aromatic carbocycles. The van der Waals surface area contributed by atoms with Crippen LogP contribution in [0.15, 0.2) is 34.9 Å². The number of oxazole rings is 1. The first-order valence-corrected chi connectivity index (χ1v) is 7.20. The molecule has 1 saturated heterocycles. The number of nitrogens with two attached hydrogens (primary N) is 1. The van der Waals surface area contributed by atoms with Gasteiger partial charge in [-0.3, -0.25) is 4.90 Å². The maximum Gasteiger partial charge on any atom is 0.226 e. The van der Waals surface area contributed by atoms with Gasteiger partial charge < -0.3 is 10.2 Å². The van der Waals surface area contributed by atoms with E-state index in [1.165, 1.54) is 5.56 Å². The normalized spacial score (nSPS) is 16.7. The summed E-state index contributed by atoms with van der Waals surface area (Å²) < 4.78 is 5.59. The molecule has 114 valence electrons. The van der Waals surface area contributed by atoms with Crippen LogP contribution in [0.4, 0.5) is 0 Å². The van der Waals surface area contributed by atoms with E-state index in [4.69, 9.17) is 10.2 Å². The van der Waals surface area contributed by atoms with E-state index in [0.29, 0.717) is 11.9 Å². The summed E-state index contributed by atoms with van der Waals surface area (Å²) in [7, 11) is 0. The van der Waals surface area contributed by atoms with Crippen molar-refractivity contribution in [1.82, 2.24) is 9.88 Å². The average molecular weight is 308 g/mol. The van der Waals surface area contributed by atoms with E-state index in [0.717, 1.165) is 43.7 Å². The van der Waals surface area contributed by atoms with Gasteiger partial charge in [0.25, 0.3) is 0 Å². The molecule has 0 atom stereocenters. The SMILES string of the molecule is Cc1ccc(-c2nc(CN3CCC(N)CC3)co2)cc1.Cl. The van der Waals surface area contributed by atoms with Crippen LogP contribution in [-0.2, 0) is 6.54 Å². The lowest BCUT2D eigenvalue weighted by molar-refractivity contribution is 0.203. The zero-order chi connectivity index (χ0) is 13.9. The van der Waals surface area contributed by atoms with E-state index in [1.807, 2.05) is 12.1 Å². The van der Waals surface area contributed by atoms with Gasteiger partial charge in [0.2, 0.25) is 5.89 Å². The summed E-state index contributed by atoms with van der Waals surface area (Å²) in [6.45, 7) is 5.02. The highest BCUT2D eigenvalue weighted by molar-refractivity contribution is 5.85. The van der Waals surface area contributed by atoms with Gasteiger partial charge in [0.1, 0.15) is 6.26 Å². The van der Waals surface area contributed by atoms with Crippen LogP contribution in [0.5, 0.6) is 0 Å². The Labute approximate surface area is 131 Å². The summed E-state index contributed by atoms with van der Waals surface area (Å²) >= 11 is 0. The minimum absolute atomic E-state index is 0. The standard InChI is InChI=1S/C16H21N3O.ClH/c1-12-2-4-13(5-3-12)16-18-15(11-20-16)10-19-8-6-14(17)7-9-19;/h2-5,11,14H,6-10,17H2,1H3;1H. The number of likely N-dealkylation sites (tertiary alicyclic amines) is 1. The molecule has 0 amide bonds. The summed E-state index contributed by atoms with van der Waals surface area (Å²) in [6, 6.07) is 8.61. The predicted molar refractivity (Wildman–Crippen MR) is 86.4 cm³/mol. The molecule has 0 saturated carbocycles. The van der Waals surface area contributed by atoms with Gasteiger partial charge in [-0.1, -0.05) is 17.7 Å². The van der Waals surface area contributed by atoms with Crippen molar-refractivity contribution in [3.8, 4) is 11.5 Å². The summed E-state index contributed by atoms with van der Waals surface area (Å²) in [4.78, 5) is 6.97. The lowest BCUT2D eigenvalue weighted by atomic mass is 10.1. The lowest BCUT2D eigenvalue weighted by Gasteiger charge is -2.29. The Morgan fingerprint density at radius 1 is 1.24 bits per heavy atom. The zero-order valence-electron chi connectivity index (χ0n) is 12.3. The van der Waals surface area contributed by atoms with E-state index in [-0.39, 0.29) is 12.4 Å². The van der Waals surface area contributed by atoms with E-state index >= 15 is 0 Å². The highest BCUT2D eigenvalue weighted by Crippen LogP contribution is 2.20. The molecular weight excluding hydrogens is 286 g/mol. The minimum atomic E-state index is 0. The van der Waals surface area contributed by atoms with Crippen LogP contribution in [0.25, 0.3) is 11.5 Å². The van der Waals surface area contributed by atoms with Gasteiger partial charge in [0.05, 0.1) is 5.69 Å². The first-order valence-electron chi connectivity index (χ1n) is 7.20. The Balaban J connectivity index is 0.00000161. The smallest absolute Gasteiger partial charge is 0.226 e. The molecule has 0 spiro atoms. The van der Waals surface area contributed by atoms with Gasteiger partial charge in [-0.05, 0) is 31.9 Å². The summed E-state index contributed by atoms with van der Waals surface area (Å²) in [6.07, 6.45) is 3.91. The molecular formula is C16H22ClN3O. The van der Waals surface area contributed by atoms with Crippen LogP contribution >= 0.6 is 12.4 Å². The molecule has 2 aromatic rings. The van der Waals surface area contributed by atoms with Crippen molar-refractivity contribution < 1.29 is 4.42 Å². The molecule has 1 aliphatic rings. The topological polar surface area (TPSA) is 55.3 Å². The van der Waals surface area contributed by atoms with Crippen LogP contribution in [0.1, 0.15) is 24.1 Å². The van der Waals surface area contributed by atoms with Crippen molar-refractivity contribution in [2.75, 3.05) is 13.1 Å². The van der Waals surface area contributed by atoms with Crippen LogP contribution < -0.4 is 5.73 Å². The summed E-state index contributed by atoms with van der Waals surface area (Å²) in [5.41, 5.74) is 9.19. The molecule has 0 aliphatic carbocycles. The second-order valence-electron chi connectivity index (χ2n) is 5.62. The van der Waals surface area contributed by atoms with Crippen molar-refractivity contribution in [2.24, 2.45) is 5.73 Å². The maximum atomic E-state index is 5.92. The fraction of sp³-hybridized carbons (Fsp3) is 0.438. The van der Waals surface area contributed by atoms with E-state index < -0.39 is 0 Å². The lowest BCUT2D eigenvalue weighted by Crippen LogP contribution is -2.39. The second kappa shape index (κ2) is 7.07. The van der Waals surface area contributed by atoms with Gasteiger partial charge in [-0.15, -0.1) is 12.4 Å². The molecule has 1 fully saturated rings. The second-order valence-corrected chi connectivity index (χ2v) is 5.62. The van der Waals surface area contributed by atoms with Crippen molar-refractivity contribution in [3.05, 3.63) is 41.8 Å². The number of hydrogen-bond acceptors (Lipinski definition) is 4. The molecule has 0 unspecified atom stereocenters. The Hall–Kier alpha value is -1.36. The van der Waals surface area contributed by atoms with Crippen LogP contribution in [0.2, 0.25) is 0 Å². The molecule has 1 aromatic heterocycles. The fourth-order valence-corrected chi connectivity index (χ4v) is 2.55. The van der Waals surface area contributed by atoms with Crippen molar-refractivity contribution in [1.29, 1.82) is 0 Å². The molecule has 5 heteroatoms. The van der Waals surface area contributed by atoms with Crippen LogP contribution in [0, 0.1) is 6.92 Å². The minimum Gasteiger partial charge on any atom is -0.444 e. The quantitative estimate of drug-likeness (QED) is 0.947. The number of rotatable bonds is 3. The summed E-state index contributed by atoms with van der Waals surface area (Å²) in [5.74, 6) is 0.703. The van der Waals surface area contributed by atoms with Crippen LogP contribution in [0.3, 0.4) is 0 Å². The Kier molecular flexibility index (Phi) is 5.39. The van der Waals surface area contributed by atoms with Gasteiger partial charge in [0, 0.05) is 31.2 Å². The predicted octanol–water partition coefficient (Wildman–Crippen LogP) is 2.99. The van der Waals surface area contributed by atoms with Crippen LogP contribution in [-0.4, -0.2) is 29.0 Å². The van der Waals surface area contributed by atoms with Crippen molar-refractivity contribution in [3.63, 3.8) is 0 Å². The molecule has 2 heterocycles. The van der Waals surface area contributed by atoms with Crippen molar-refractivity contribution in [2.45, 2.75) is 32.4 Å². The third-order valence-electron chi connectivity index (χ3n) is 3.87. The number of piperidine rings is 1. The molecule has 0 bridgehead atoms. The van der Waals surface area contributed by atoms with E-state index in [9.17, 15) is 0 Å². The third-order valence-corrected chi connectivity index (χ3v) is 3.87. The number of aromatic nitrogens is 1. The first-order chi connectivity index (χ1) is 9.70. The molecule has 0 radical (unpaired) electrons. The Morgan fingerprint density at radius 3 is 2.57 bits per heavy atom. The number of nitrogens with zero attached hydrogens (tertiary/aromatic N) is 2. The monoisotopic (exact) mass is 307 g/mol. The largest absolute Gasteiger partial charge is 0.444 e. The fourth-order valence-electron chi connectivity index (χ4n) is 2.55. The maximum absolute atomic E-state index is 5.92. The van der Waals surface area contributed by atoms with Crippen molar-refractivity contribution >= 4 is 12.4 Å². The highest BCUT2D eigenvalue weighted by atomic mass is 35.5. The number of benzene rings is 1. The van der Waals surface area contributed by atoms with Gasteiger partial charge in [-0.2, -0.15) is 0 Å². The van der Waals surface area contributed by atoms with Gasteiger partial charge in [-0.25, -0.2) is 4.98 Å². The highest BCUT2D eigenvalue weighted by Gasteiger charge is 2.17. The molecule has 3 rings (SSSR count). The third kappa shape index (κ3) is 4.06. The van der Waals surface area contributed by atoms with Gasteiger partial charge >= 0.3 is 0 Å². The summed E-state index contributed by atoms with van der Waals surface area (Å²) in [5, 5.41) is 0. The molecule has 21 heavy (non-hydrogen) atoms. The molecule has 4 nitrogen and oxygen atoms in total. The molecule has 2 N–H and O–H groups in total. The zero-order valence-corrected chi connectivity index (χ0v) is 13.1. The Morgan fingerprint density at radius 2 is 1.90 bits per heavy atom. The number of hydrogen-bond donors (Lipinski definition) is 1. The average Bonchev–Trinajstić information content (AvgIpc) is 2.91. The number of aryl methyl sites for hydroxylation is 1. The first kappa shape index (κ1) is 16.0.